The molecule has 0 spiro atoms. The fourth-order valence-electron chi connectivity index (χ4n) is 3.24. The number of para-hydroxylation sites is 1. The third-order valence-electron chi connectivity index (χ3n) is 4.89. The van der Waals surface area contributed by atoms with E-state index >= 15 is 0 Å². The molecule has 0 aliphatic carbocycles. The monoisotopic (exact) mass is 467 g/mol. The predicted molar refractivity (Wildman–Crippen MR) is 126 cm³/mol. The summed E-state index contributed by atoms with van der Waals surface area (Å²) in [7, 11) is 1.68. The molecule has 0 fully saturated rings. The summed E-state index contributed by atoms with van der Waals surface area (Å²) < 4.78 is 14.6. The SMILES string of the molecule is CN(Cc1ccc(F)cc1)C(=O)CSc1nc2ccccc2c(=O)n1-c1cccc(Cl)c1. The maximum atomic E-state index is 13.2. The summed E-state index contributed by atoms with van der Waals surface area (Å²) in [6.45, 7) is 0.353. The van der Waals surface area contributed by atoms with Crippen LogP contribution in [0.25, 0.3) is 16.6 Å². The molecule has 4 aromatic rings. The highest BCUT2D eigenvalue weighted by Crippen LogP contribution is 2.23. The Morgan fingerprint density at radius 2 is 1.84 bits per heavy atom. The van der Waals surface area contributed by atoms with E-state index in [9.17, 15) is 14.0 Å². The van der Waals surface area contributed by atoms with E-state index in [0.29, 0.717) is 33.3 Å². The minimum absolute atomic E-state index is 0.0863. The Morgan fingerprint density at radius 3 is 2.59 bits per heavy atom. The average molecular weight is 468 g/mol. The van der Waals surface area contributed by atoms with Crippen molar-refractivity contribution >= 4 is 40.2 Å². The summed E-state index contributed by atoms with van der Waals surface area (Å²) in [5, 5.41) is 1.38. The van der Waals surface area contributed by atoms with Gasteiger partial charge >= 0.3 is 0 Å². The van der Waals surface area contributed by atoms with Gasteiger partial charge < -0.3 is 4.90 Å². The summed E-state index contributed by atoms with van der Waals surface area (Å²) in [6.07, 6.45) is 0. The molecule has 0 saturated carbocycles. The Balaban J connectivity index is 1.62. The molecule has 0 bridgehead atoms. The highest BCUT2D eigenvalue weighted by atomic mass is 35.5. The van der Waals surface area contributed by atoms with Crippen molar-refractivity contribution in [2.24, 2.45) is 0 Å². The molecular weight excluding hydrogens is 449 g/mol. The van der Waals surface area contributed by atoms with E-state index in [4.69, 9.17) is 11.6 Å². The first-order valence-electron chi connectivity index (χ1n) is 9.81. The number of hydrogen-bond donors (Lipinski definition) is 0. The highest BCUT2D eigenvalue weighted by Gasteiger charge is 2.17. The first kappa shape index (κ1) is 22.0. The van der Waals surface area contributed by atoms with Crippen molar-refractivity contribution in [1.29, 1.82) is 0 Å². The number of fused-ring (bicyclic) bond motifs is 1. The van der Waals surface area contributed by atoms with Gasteiger partial charge in [0.15, 0.2) is 5.16 Å². The summed E-state index contributed by atoms with van der Waals surface area (Å²) in [5.74, 6) is -0.373. The largest absolute Gasteiger partial charge is 0.341 e. The average Bonchev–Trinajstić information content (AvgIpc) is 2.79. The van der Waals surface area contributed by atoms with E-state index in [1.54, 1.807) is 66.5 Å². The van der Waals surface area contributed by atoms with Crippen LogP contribution in [0.3, 0.4) is 0 Å². The second-order valence-electron chi connectivity index (χ2n) is 7.20. The van der Waals surface area contributed by atoms with Crippen LogP contribution in [0.5, 0.6) is 0 Å². The zero-order valence-corrected chi connectivity index (χ0v) is 18.7. The number of thioether (sulfide) groups is 1. The summed E-state index contributed by atoms with van der Waals surface area (Å²) in [4.78, 5) is 32.2. The van der Waals surface area contributed by atoms with Gasteiger partial charge in [-0.2, -0.15) is 0 Å². The fraction of sp³-hybridized carbons (Fsp3) is 0.125. The van der Waals surface area contributed by atoms with Gasteiger partial charge in [0.25, 0.3) is 5.56 Å². The number of halogens is 2. The van der Waals surface area contributed by atoms with Crippen LogP contribution < -0.4 is 5.56 Å². The van der Waals surface area contributed by atoms with Gasteiger partial charge in [-0.3, -0.25) is 14.2 Å². The Hall–Kier alpha value is -3.16. The van der Waals surface area contributed by atoms with Crippen molar-refractivity contribution in [2.75, 3.05) is 12.8 Å². The minimum atomic E-state index is -0.320. The van der Waals surface area contributed by atoms with Crippen LogP contribution in [0.2, 0.25) is 5.02 Å². The predicted octanol–water partition coefficient (Wildman–Crippen LogP) is 4.93. The van der Waals surface area contributed by atoms with Crippen molar-refractivity contribution in [3.05, 3.63) is 99.6 Å². The van der Waals surface area contributed by atoms with Crippen molar-refractivity contribution in [2.45, 2.75) is 11.7 Å². The fourth-order valence-corrected chi connectivity index (χ4v) is 4.38. The van der Waals surface area contributed by atoms with E-state index in [1.807, 2.05) is 6.07 Å². The number of rotatable bonds is 6. The van der Waals surface area contributed by atoms with Crippen molar-refractivity contribution in [3.63, 3.8) is 0 Å². The van der Waals surface area contributed by atoms with Gasteiger partial charge in [0.2, 0.25) is 5.91 Å². The number of hydrogen-bond acceptors (Lipinski definition) is 4. The van der Waals surface area contributed by atoms with Gasteiger partial charge in [0, 0.05) is 18.6 Å². The van der Waals surface area contributed by atoms with E-state index in [-0.39, 0.29) is 23.0 Å². The lowest BCUT2D eigenvalue weighted by atomic mass is 10.2. The number of benzene rings is 3. The van der Waals surface area contributed by atoms with Crippen LogP contribution >= 0.6 is 23.4 Å². The lowest BCUT2D eigenvalue weighted by molar-refractivity contribution is -0.127. The molecule has 0 aliphatic heterocycles. The van der Waals surface area contributed by atoms with Gasteiger partial charge in [-0.05, 0) is 48.0 Å². The second kappa shape index (κ2) is 9.54. The number of nitrogens with zero attached hydrogens (tertiary/aromatic N) is 3. The Morgan fingerprint density at radius 1 is 1.09 bits per heavy atom. The molecule has 1 amide bonds. The molecule has 0 saturated heterocycles. The quantitative estimate of drug-likeness (QED) is 0.298. The first-order valence-corrected chi connectivity index (χ1v) is 11.2. The molecule has 5 nitrogen and oxygen atoms in total. The van der Waals surface area contributed by atoms with E-state index in [2.05, 4.69) is 4.98 Å². The molecule has 4 rings (SSSR count). The molecule has 0 unspecified atom stereocenters. The van der Waals surface area contributed by atoms with Crippen LogP contribution in [-0.2, 0) is 11.3 Å². The van der Waals surface area contributed by atoms with Crippen molar-refractivity contribution in [3.8, 4) is 5.69 Å². The number of carbonyl (C=O) groups excluding carboxylic acids is 1. The molecular formula is C24H19ClFN3O2S. The van der Waals surface area contributed by atoms with Gasteiger partial charge in [0.1, 0.15) is 5.82 Å². The highest BCUT2D eigenvalue weighted by molar-refractivity contribution is 7.99. The molecule has 0 N–H and O–H groups in total. The lowest BCUT2D eigenvalue weighted by Crippen LogP contribution is -2.28. The third-order valence-corrected chi connectivity index (χ3v) is 6.05. The Labute approximate surface area is 193 Å². The molecule has 1 aromatic heterocycles. The van der Waals surface area contributed by atoms with Crippen LogP contribution in [-0.4, -0.2) is 33.2 Å². The van der Waals surface area contributed by atoms with Gasteiger partial charge in [-0.1, -0.05) is 53.7 Å². The van der Waals surface area contributed by atoms with E-state index in [1.165, 1.54) is 28.5 Å². The molecule has 162 valence electrons. The molecule has 32 heavy (non-hydrogen) atoms. The molecule has 0 aliphatic rings. The molecule has 1 heterocycles. The van der Waals surface area contributed by atoms with Crippen LogP contribution in [0, 0.1) is 5.82 Å². The molecule has 3 aromatic carbocycles. The van der Waals surface area contributed by atoms with Crippen molar-refractivity contribution in [1.82, 2.24) is 14.5 Å². The van der Waals surface area contributed by atoms with E-state index in [0.717, 1.165) is 5.56 Å². The van der Waals surface area contributed by atoms with Gasteiger partial charge in [-0.25, -0.2) is 9.37 Å². The second-order valence-corrected chi connectivity index (χ2v) is 8.58. The number of carbonyl (C=O) groups is 1. The van der Waals surface area contributed by atoms with Gasteiger partial charge in [0.05, 0.1) is 22.3 Å². The minimum Gasteiger partial charge on any atom is -0.341 e. The van der Waals surface area contributed by atoms with Gasteiger partial charge in [-0.15, -0.1) is 0 Å². The number of amides is 1. The molecule has 8 heteroatoms. The standard InChI is InChI=1S/C24H19ClFN3O2S/c1-28(14-16-9-11-18(26)12-10-16)22(30)15-32-24-27-21-8-3-2-7-20(21)23(31)29(24)19-6-4-5-17(25)13-19/h2-13H,14-15H2,1H3. The smallest absolute Gasteiger partial charge is 0.266 e. The zero-order valence-electron chi connectivity index (χ0n) is 17.2. The third kappa shape index (κ3) is 4.84. The summed E-state index contributed by atoms with van der Waals surface area (Å²) >= 11 is 7.33. The molecule has 0 atom stereocenters. The normalized spacial score (nSPS) is 11.0. The maximum absolute atomic E-state index is 13.2. The molecule has 0 radical (unpaired) electrons. The number of aromatic nitrogens is 2. The summed E-state index contributed by atoms with van der Waals surface area (Å²) in [5.41, 5.74) is 1.74. The zero-order chi connectivity index (χ0) is 22.7. The Kier molecular flexibility index (Phi) is 6.58. The maximum Gasteiger partial charge on any atom is 0.266 e. The van der Waals surface area contributed by atoms with E-state index < -0.39 is 0 Å². The van der Waals surface area contributed by atoms with Crippen molar-refractivity contribution < 1.29 is 9.18 Å². The summed E-state index contributed by atoms with van der Waals surface area (Å²) in [6, 6.07) is 20.1. The Bertz CT molecular complexity index is 1340. The van der Waals surface area contributed by atoms with Crippen LogP contribution in [0.4, 0.5) is 4.39 Å². The topological polar surface area (TPSA) is 55.2 Å². The van der Waals surface area contributed by atoms with Crippen LogP contribution in [0.15, 0.2) is 82.7 Å². The lowest BCUT2D eigenvalue weighted by Gasteiger charge is -2.18. The van der Waals surface area contributed by atoms with Crippen LogP contribution in [0.1, 0.15) is 5.56 Å². The first-order chi connectivity index (χ1) is 15.4.